The number of nitrogens with one attached hydrogen (secondary N) is 3. The van der Waals surface area contributed by atoms with Gasteiger partial charge in [0.05, 0.1) is 23.9 Å². The van der Waals surface area contributed by atoms with E-state index in [4.69, 9.17) is 16.6 Å². The number of rotatable bonds is 14. The molecule has 14 nitrogen and oxygen atoms in total. The van der Waals surface area contributed by atoms with Gasteiger partial charge in [0.25, 0.3) is 0 Å². The Balaban J connectivity index is 0.814. The molecule has 354 valence electrons. The van der Waals surface area contributed by atoms with E-state index in [1.165, 1.54) is 30.3 Å². The molecular formula is C51H63N3O11S. The van der Waals surface area contributed by atoms with Crippen LogP contribution in [0.2, 0.25) is 0 Å². The van der Waals surface area contributed by atoms with Crippen LogP contribution in [-0.4, -0.2) is 84.5 Å². The lowest BCUT2D eigenvalue weighted by molar-refractivity contribution is -0.207. The number of aromatic hydroxyl groups is 1. The average molecular weight is 926 g/mol. The minimum absolute atomic E-state index is 0.00554. The molecule has 1 heterocycles. The highest BCUT2D eigenvalue weighted by Crippen LogP contribution is 2.68. The molecule has 0 bridgehead atoms. The highest BCUT2D eigenvalue weighted by Gasteiger charge is 2.65. The molecule has 0 saturated heterocycles. The first-order valence-corrected chi connectivity index (χ1v) is 24.0. The van der Waals surface area contributed by atoms with E-state index in [1.54, 1.807) is 24.3 Å². The summed E-state index contributed by atoms with van der Waals surface area (Å²) in [6.07, 6.45) is 6.24. The fourth-order valence-electron chi connectivity index (χ4n) is 13.2. The van der Waals surface area contributed by atoms with Crippen LogP contribution in [0.4, 0.5) is 5.69 Å². The van der Waals surface area contributed by atoms with Crippen LogP contribution in [0, 0.1) is 46.3 Å². The summed E-state index contributed by atoms with van der Waals surface area (Å²) in [5.74, 6) is -1.43. The Morgan fingerprint density at radius 2 is 1.67 bits per heavy atom. The molecule has 0 aromatic heterocycles. The fourth-order valence-corrected chi connectivity index (χ4v) is 13.5. The Morgan fingerprint density at radius 1 is 0.894 bits per heavy atom. The highest BCUT2D eigenvalue weighted by atomic mass is 32.1. The first-order valence-electron chi connectivity index (χ1n) is 23.6. The van der Waals surface area contributed by atoms with Crippen LogP contribution in [-0.2, 0) is 9.59 Å². The molecule has 1 aliphatic heterocycles. The van der Waals surface area contributed by atoms with Crippen LogP contribution in [0.3, 0.4) is 0 Å². The van der Waals surface area contributed by atoms with Gasteiger partial charge >= 0.3 is 11.9 Å². The van der Waals surface area contributed by atoms with Gasteiger partial charge in [-0.05, 0) is 171 Å². The van der Waals surface area contributed by atoms with Crippen LogP contribution in [0.5, 0.6) is 5.75 Å². The molecule has 0 spiro atoms. The maximum atomic E-state index is 13.2. The number of carbonyl (C=O) groups excluding carboxylic acids is 1. The van der Waals surface area contributed by atoms with Gasteiger partial charge in [0.2, 0.25) is 5.91 Å². The van der Waals surface area contributed by atoms with Crippen molar-refractivity contribution >= 4 is 51.8 Å². The largest absolute Gasteiger partial charge is 0.508 e. The number of carboxylic acid groups (broad SMARTS) is 2. The lowest BCUT2D eigenvalue weighted by Gasteiger charge is -2.63. The standard InChI is InChI=1S/C51H63N3O11S/c1-26(36-14-15-37-46-38(25-43(59)51(36,37)3)50(2)18-17-31(57)20-27(50)21-40(46)58)7-16-44(60)54-39(48(63)64)6-4-5-19-52-49(66)53-28-8-11-32(35(22-28)47(61)62)45-33-12-9-29(55)23-41(33)65-42-24-30(56)10-13-34(42)45/h8-13,22-24,26-27,31,36-40,43,46,55,57-59H,4-7,14-21,25H2,1-3H3,(H,54,60)(H,61,62)(H,63,64)(H2,52,53,66)/t26-,27?,31-,36?,37?,38?,39+,40?,43+,46?,50+,51-/m1/s1. The van der Waals surface area contributed by atoms with Crippen molar-refractivity contribution in [2.45, 2.75) is 122 Å². The number of phenolic OH excluding ortho intramolecular Hbond substituents is 1. The summed E-state index contributed by atoms with van der Waals surface area (Å²) < 4.78 is 5.91. The number of benzene rings is 3. The number of anilines is 1. The van der Waals surface area contributed by atoms with Gasteiger partial charge in [0.15, 0.2) is 10.5 Å². The number of amides is 1. The van der Waals surface area contributed by atoms with Crippen molar-refractivity contribution < 1.29 is 49.4 Å². The molecule has 2 aromatic rings. The summed E-state index contributed by atoms with van der Waals surface area (Å²) in [6.45, 7) is 7.04. The number of phenols is 1. The van der Waals surface area contributed by atoms with Gasteiger partial charge in [-0.15, -0.1) is 0 Å². The van der Waals surface area contributed by atoms with Crippen LogP contribution in [0.15, 0.2) is 63.8 Å². The number of hydrogen-bond acceptors (Lipinski definition) is 10. The van der Waals surface area contributed by atoms with Crippen LogP contribution >= 0.6 is 12.2 Å². The Morgan fingerprint density at radius 3 is 2.42 bits per heavy atom. The molecule has 9 N–H and O–H groups in total. The number of aliphatic hydroxyl groups is 3. The number of aliphatic hydroxyl groups excluding tert-OH is 3. The number of aromatic carboxylic acids is 1. The third kappa shape index (κ3) is 9.03. The molecule has 6 aliphatic rings. The van der Waals surface area contributed by atoms with E-state index in [1.807, 2.05) is 0 Å². The van der Waals surface area contributed by atoms with Crippen molar-refractivity contribution in [2.24, 2.45) is 46.3 Å². The van der Waals surface area contributed by atoms with Crippen molar-refractivity contribution in [3.8, 4) is 28.2 Å². The average Bonchev–Trinajstić information content (AvgIpc) is 3.63. The minimum Gasteiger partial charge on any atom is -0.508 e. The molecule has 4 saturated carbocycles. The zero-order chi connectivity index (χ0) is 47.2. The van der Waals surface area contributed by atoms with Gasteiger partial charge in [-0.1, -0.05) is 26.8 Å². The number of thiocarbonyl (C=S) groups is 1. The monoisotopic (exact) mass is 925 g/mol. The van der Waals surface area contributed by atoms with E-state index in [0.29, 0.717) is 72.8 Å². The van der Waals surface area contributed by atoms with E-state index in [2.05, 4.69) is 36.7 Å². The predicted octanol–water partition coefficient (Wildman–Crippen LogP) is 7.37. The molecule has 12 atom stereocenters. The Labute approximate surface area is 389 Å². The summed E-state index contributed by atoms with van der Waals surface area (Å²) in [6, 6.07) is 12.5. The molecular weight excluding hydrogens is 863 g/mol. The van der Waals surface area contributed by atoms with Crippen molar-refractivity contribution in [3.63, 3.8) is 0 Å². The van der Waals surface area contributed by atoms with E-state index in [0.717, 1.165) is 25.7 Å². The summed E-state index contributed by atoms with van der Waals surface area (Å²) in [7, 11) is 0. The third-order valence-electron chi connectivity index (χ3n) is 16.6. The minimum atomic E-state index is -1.20. The molecule has 15 heteroatoms. The lowest BCUT2D eigenvalue weighted by atomic mass is 9.43. The predicted molar refractivity (Wildman–Crippen MR) is 253 cm³/mol. The van der Waals surface area contributed by atoms with Crippen LogP contribution in [0.1, 0.15) is 108 Å². The molecule has 4 fully saturated rings. The molecule has 6 unspecified atom stereocenters. The summed E-state index contributed by atoms with van der Waals surface area (Å²) in [5, 5.41) is 74.0. The van der Waals surface area contributed by atoms with Crippen molar-refractivity contribution in [3.05, 3.63) is 70.4 Å². The van der Waals surface area contributed by atoms with E-state index in [-0.39, 0.29) is 104 Å². The maximum Gasteiger partial charge on any atom is 0.336 e. The number of aliphatic carboxylic acids is 1. The van der Waals surface area contributed by atoms with Gasteiger partial charge in [-0.3, -0.25) is 9.59 Å². The molecule has 5 aliphatic carbocycles. The van der Waals surface area contributed by atoms with Crippen LogP contribution < -0.4 is 21.4 Å². The van der Waals surface area contributed by atoms with Gasteiger partial charge < -0.3 is 51.0 Å². The van der Waals surface area contributed by atoms with Gasteiger partial charge in [0.1, 0.15) is 23.1 Å². The normalized spacial score (nSPS) is 30.1. The Kier molecular flexibility index (Phi) is 13.6. The fraction of sp³-hybridized carbons (Fsp3) is 0.549. The van der Waals surface area contributed by atoms with Crippen molar-refractivity contribution in [1.82, 2.24) is 10.6 Å². The van der Waals surface area contributed by atoms with Crippen molar-refractivity contribution in [2.75, 3.05) is 11.9 Å². The smallest absolute Gasteiger partial charge is 0.336 e. The second-order valence-electron chi connectivity index (χ2n) is 20.3. The molecule has 66 heavy (non-hydrogen) atoms. The quantitative estimate of drug-likeness (QED) is 0.0341. The van der Waals surface area contributed by atoms with E-state index < -0.39 is 30.2 Å². The molecule has 0 radical (unpaired) electrons. The third-order valence-corrected chi connectivity index (χ3v) is 16.9. The zero-order valence-corrected chi connectivity index (χ0v) is 38.6. The molecule has 2 aromatic carbocycles. The Hall–Kier alpha value is -5.09. The lowest BCUT2D eigenvalue weighted by Crippen LogP contribution is -2.62. The summed E-state index contributed by atoms with van der Waals surface area (Å²) >= 11 is 5.50. The number of hydrogen-bond donors (Lipinski definition) is 9. The van der Waals surface area contributed by atoms with Crippen LogP contribution in [0.25, 0.3) is 33.4 Å². The van der Waals surface area contributed by atoms with E-state index >= 15 is 0 Å². The highest BCUT2D eigenvalue weighted by molar-refractivity contribution is 7.80. The van der Waals surface area contributed by atoms with Crippen molar-refractivity contribution in [1.29, 1.82) is 0 Å². The van der Waals surface area contributed by atoms with Gasteiger partial charge in [-0.25, -0.2) is 9.59 Å². The second-order valence-corrected chi connectivity index (χ2v) is 20.7. The first kappa shape index (κ1) is 47.4. The number of unbranched alkanes of at least 4 members (excludes halogenated alkanes) is 1. The number of carbonyl (C=O) groups is 3. The second kappa shape index (κ2) is 18.9. The number of carboxylic acids is 2. The topological polar surface area (TPSA) is 239 Å². The van der Waals surface area contributed by atoms with E-state index in [9.17, 15) is 49.8 Å². The molecule has 1 amide bonds. The Bertz CT molecular complexity index is 2530. The maximum absolute atomic E-state index is 13.2. The SMILES string of the molecule is C[C@H](CCC(=O)N[C@@H](CCCCNC(=S)Nc1ccc(-c2c3ccc(=O)cc-3oc3cc(O)ccc23)c(C(=O)O)c1)C(=O)O)C1CCC2C3C(O)CC4C[C@H](O)CC[C@]4(C)C3C[C@H](O)[C@@]21C. The number of fused-ring (bicyclic) bond motifs is 7. The first-order chi connectivity index (χ1) is 31.4. The summed E-state index contributed by atoms with van der Waals surface area (Å²) in [4.78, 5) is 50.2. The molecule has 8 rings (SSSR count). The zero-order valence-electron chi connectivity index (χ0n) is 37.8. The van der Waals surface area contributed by atoms with Gasteiger partial charge in [-0.2, -0.15) is 0 Å². The summed E-state index contributed by atoms with van der Waals surface area (Å²) in [5.41, 5.74) is 1.38. The van der Waals surface area contributed by atoms with Gasteiger partial charge in [0, 0.05) is 47.3 Å².